The molecule has 120 valence electrons. The summed E-state index contributed by atoms with van der Waals surface area (Å²) in [5.74, 6) is 0.226. The maximum atomic E-state index is 12.5. The molecule has 2 aliphatic rings. The van der Waals surface area contributed by atoms with Gasteiger partial charge in [-0.15, -0.1) is 0 Å². The van der Waals surface area contributed by atoms with Gasteiger partial charge in [0.15, 0.2) is 0 Å². The molecular formula is C17H21N5O. The summed E-state index contributed by atoms with van der Waals surface area (Å²) in [5.41, 5.74) is 2.30. The fourth-order valence-electron chi connectivity index (χ4n) is 3.86. The molecule has 1 amide bonds. The molecule has 4 heterocycles. The number of amides is 1. The first-order chi connectivity index (χ1) is 11.1. The number of anilines is 1. The van der Waals surface area contributed by atoms with E-state index in [2.05, 4.69) is 27.1 Å². The van der Waals surface area contributed by atoms with E-state index < -0.39 is 0 Å². The van der Waals surface area contributed by atoms with Gasteiger partial charge >= 0.3 is 0 Å². The number of hydrogen-bond acceptors (Lipinski definition) is 4. The van der Waals surface area contributed by atoms with Gasteiger partial charge in [-0.2, -0.15) is 5.10 Å². The molecule has 1 spiro atoms. The van der Waals surface area contributed by atoms with Crippen LogP contribution in [0.1, 0.15) is 18.4 Å². The lowest BCUT2D eigenvalue weighted by Gasteiger charge is -2.23. The van der Waals surface area contributed by atoms with Crippen molar-refractivity contribution < 1.29 is 4.79 Å². The highest BCUT2D eigenvalue weighted by molar-refractivity contribution is 5.96. The lowest BCUT2D eigenvalue weighted by molar-refractivity contribution is -0.117. The number of likely N-dealkylation sites (tertiary alicyclic amines) is 1. The van der Waals surface area contributed by atoms with Crippen LogP contribution < -0.4 is 4.90 Å². The zero-order chi connectivity index (χ0) is 15.9. The van der Waals surface area contributed by atoms with E-state index in [1.807, 2.05) is 30.5 Å². The average Bonchev–Trinajstić information content (AvgIpc) is 3.21. The van der Waals surface area contributed by atoms with Gasteiger partial charge in [0.2, 0.25) is 5.91 Å². The lowest BCUT2D eigenvalue weighted by Crippen LogP contribution is -2.31. The molecule has 2 aromatic rings. The molecule has 0 saturated carbocycles. The van der Waals surface area contributed by atoms with E-state index in [1.165, 1.54) is 5.56 Å². The van der Waals surface area contributed by atoms with Gasteiger partial charge in [0.1, 0.15) is 0 Å². The van der Waals surface area contributed by atoms with Gasteiger partial charge in [-0.1, -0.05) is 0 Å². The van der Waals surface area contributed by atoms with Crippen LogP contribution in [0.2, 0.25) is 0 Å². The molecule has 0 bridgehead atoms. The van der Waals surface area contributed by atoms with Crippen molar-refractivity contribution in [2.75, 3.05) is 24.5 Å². The Hall–Kier alpha value is -2.21. The highest BCUT2D eigenvalue weighted by atomic mass is 16.2. The molecule has 2 fully saturated rings. The van der Waals surface area contributed by atoms with Crippen molar-refractivity contribution in [2.45, 2.75) is 19.4 Å². The molecule has 1 atom stereocenters. The van der Waals surface area contributed by atoms with E-state index in [-0.39, 0.29) is 11.3 Å². The number of rotatable bonds is 3. The first-order valence-electron chi connectivity index (χ1n) is 8.04. The summed E-state index contributed by atoms with van der Waals surface area (Å²) in [6.45, 7) is 3.78. The van der Waals surface area contributed by atoms with Crippen molar-refractivity contribution in [3.8, 4) is 0 Å². The van der Waals surface area contributed by atoms with Crippen LogP contribution >= 0.6 is 0 Å². The summed E-state index contributed by atoms with van der Waals surface area (Å²) in [5, 5.41) is 4.19. The average molecular weight is 311 g/mol. The third-order valence-electron chi connectivity index (χ3n) is 5.00. The Balaban J connectivity index is 1.45. The zero-order valence-corrected chi connectivity index (χ0v) is 13.4. The first-order valence-corrected chi connectivity index (χ1v) is 8.04. The molecule has 0 N–H and O–H groups in total. The standard InChI is InChI=1S/C17H21N5O/c1-20-11-15(9-19-20)22-13-17(8-16(22)23)4-7-21(12-17)10-14-2-5-18-6-3-14/h2-3,5-6,9,11H,4,7-8,10,12-13H2,1H3/t17-/m0/s1. The van der Waals surface area contributed by atoms with Gasteiger partial charge < -0.3 is 4.90 Å². The largest absolute Gasteiger partial charge is 0.309 e. The summed E-state index contributed by atoms with van der Waals surface area (Å²) in [7, 11) is 1.88. The third-order valence-corrected chi connectivity index (χ3v) is 5.00. The molecule has 23 heavy (non-hydrogen) atoms. The Morgan fingerprint density at radius 2 is 2.09 bits per heavy atom. The zero-order valence-electron chi connectivity index (χ0n) is 13.4. The normalized spacial score (nSPS) is 24.9. The van der Waals surface area contributed by atoms with E-state index in [0.29, 0.717) is 6.42 Å². The van der Waals surface area contributed by atoms with E-state index >= 15 is 0 Å². The summed E-state index contributed by atoms with van der Waals surface area (Å²) in [4.78, 5) is 20.9. The van der Waals surface area contributed by atoms with Crippen molar-refractivity contribution in [2.24, 2.45) is 12.5 Å². The van der Waals surface area contributed by atoms with Gasteiger partial charge in [0, 0.05) is 57.1 Å². The number of carbonyl (C=O) groups excluding carboxylic acids is 1. The van der Waals surface area contributed by atoms with Crippen LogP contribution in [-0.2, 0) is 18.4 Å². The smallest absolute Gasteiger partial charge is 0.227 e. The molecule has 2 saturated heterocycles. The quantitative estimate of drug-likeness (QED) is 0.861. The first kappa shape index (κ1) is 14.4. The highest BCUT2D eigenvalue weighted by Gasteiger charge is 2.47. The molecule has 2 aromatic heterocycles. The van der Waals surface area contributed by atoms with Gasteiger partial charge in [-0.25, -0.2) is 0 Å². The Bertz CT molecular complexity index is 713. The van der Waals surface area contributed by atoms with Crippen LogP contribution in [-0.4, -0.2) is 45.2 Å². The fourth-order valence-corrected chi connectivity index (χ4v) is 3.86. The van der Waals surface area contributed by atoms with Crippen molar-refractivity contribution in [3.63, 3.8) is 0 Å². The number of aryl methyl sites for hydroxylation is 1. The molecule has 0 unspecified atom stereocenters. The molecule has 2 aliphatic heterocycles. The number of pyridine rings is 1. The number of aromatic nitrogens is 3. The third kappa shape index (κ3) is 2.74. The van der Waals surface area contributed by atoms with Crippen molar-refractivity contribution in [1.82, 2.24) is 19.7 Å². The van der Waals surface area contributed by atoms with Gasteiger partial charge in [-0.05, 0) is 30.7 Å². The molecule has 4 rings (SSSR count). The summed E-state index contributed by atoms with van der Waals surface area (Å²) < 4.78 is 1.75. The second-order valence-corrected chi connectivity index (χ2v) is 6.84. The van der Waals surface area contributed by atoms with E-state index in [4.69, 9.17) is 0 Å². The summed E-state index contributed by atoms with van der Waals surface area (Å²) in [6.07, 6.45) is 9.10. The minimum Gasteiger partial charge on any atom is -0.309 e. The van der Waals surface area contributed by atoms with Crippen LogP contribution in [0.25, 0.3) is 0 Å². The minimum atomic E-state index is 0.0972. The summed E-state index contributed by atoms with van der Waals surface area (Å²) in [6, 6.07) is 4.12. The van der Waals surface area contributed by atoms with E-state index in [1.54, 1.807) is 10.9 Å². The van der Waals surface area contributed by atoms with Crippen LogP contribution in [0, 0.1) is 5.41 Å². The Morgan fingerprint density at radius 1 is 1.26 bits per heavy atom. The molecule has 6 heteroatoms. The van der Waals surface area contributed by atoms with Crippen LogP contribution in [0.5, 0.6) is 0 Å². The van der Waals surface area contributed by atoms with E-state index in [0.717, 1.165) is 38.3 Å². The fraction of sp³-hybridized carbons (Fsp3) is 0.471. The highest BCUT2D eigenvalue weighted by Crippen LogP contribution is 2.42. The molecule has 6 nitrogen and oxygen atoms in total. The lowest BCUT2D eigenvalue weighted by atomic mass is 9.86. The van der Waals surface area contributed by atoms with E-state index in [9.17, 15) is 4.79 Å². The van der Waals surface area contributed by atoms with Crippen LogP contribution in [0.15, 0.2) is 36.9 Å². The molecule has 0 aliphatic carbocycles. The van der Waals surface area contributed by atoms with Crippen LogP contribution in [0.4, 0.5) is 5.69 Å². The molecule has 0 aromatic carbocycles. The van der Waals surface area contributed by atoms with Gasteiger partial charge in [-0.3, -0.25) is 19.4 Å². The molecular weight excluding hydrogens is 290 g/mol. The monoisotopic (exact) mass is 311 g/mol. The topological polar surface area (TPSA) is 54.3 Å². The number of hydrogen-bond donors (Lipinski definition) is 0. The maximum Gasteiger partial charge on any atom is 0.227 e. The minimum absolute atomic E-state index is 0.0972. The second-order valence-electron chi connectivity index (χ2n) is 6.84. The Kier molecular flexibility index (Phi) is 3.41. The number of carbonyl (C=O) groups is 1. The predicted octanol–water partition coefficient (Wildman–Crippen LogP) is 1.44. The van der Waals surface area contributed by atoms with Crippen LogP contribution in [0.3, 0.4) is 0 Å². The summed E-state index contributed by atoms with van der Waals surface area (Å²) >= 11 is 0. The van der Waals surface area contributed by atoms with Crippen molar-refractivity contribution in [1.29, 1.82) is 0 Å². The Morgan fingerprint density at radius 3 is 2.83 bits per heavy atom. The van der Waals surface area contributed by atoms with Gasteiger partial charge in [0.25, 0.3) is 0 Å². The SMILES string of the molecule is Cn1cc(N2C[C@@]3(CCN(Cc4ccncc4)C3)CC2=O)cn1. The number of nitrogens with zero attached hydrogens (tertiary/aromatic N) is 5. The van der Waals surface area contributed by atoms with Crippen molar-refractivity contribution >= 4 is 11.6 Å². The van der Waals surface area contributed by atoms with Crippen molar-refractivity contribution in [3.05, 3.63) is 42.5 Å². The predicted molar refractivity (Wildman–Crippen MR) is 86.7 cm³/mol. The Labute approximate surface area is 135 Å². The second kappa shape index (κ2) is 5.45. The molecule has 0 radical (unpaired) electrons. The van der Waals surface area contributed by atoms with Gasteiger partial charge in [0.05, 0.1) is 11.9 Å². The maximum absolute atomic E-state index is 12.5.